The van der Waals surface area contributed by atoms with Crippen LogP contribution >= 0.6 is 24.0 Å². The smallest absolute Gasteiger partial charge is 0.422 e. The van der Waals surface area contributed by atoms with E-state index in [0.29, 0.717) is 25.6 Å². The van der Waals surface area contributed by atoms with Crippen LogP contribution in [0.2, 0.25) is 0 Å². The van der Waals surface area contributed by atoms with E-state index in [1.54, 1.807) is 30.2 Å². The summed E-state index contributed by atoms with van der Waals surface area (Å²) in [5.74, 6) is 0.786. The number of hydrogen-bond donors (Lipinski definition) is 2. The van der Waals surface area contributed by atoms with Crippen molar-refractivity contribution in [2.24, 2.45) is 4.99 Å². The van der Waals surface area contributed by atoms with Crippen LogP contribution in [0.5, 0.6) is 5.75 Å². The van der Waals surface area contributed by atoms with Crippen molar-refractivity contribution >= 4 is 29.9 Å². The average Bonchev–Trinajstić information content (AvgIpc) is 3.26. The summed E-state index contributed by atoms with van der Waals surface area (Å²) in [5.41, 5.74) is 3.09. The van der Waals surface area contributed by atoms with Crippen LogP contribution < -0.4 is 15.4 Å². The molecule has 7 nitrogen and oxygen atoms in total. The molecule has 0 aliphatic carbocycles. The van der Waals surface area contributed by atoms with Gasteiger partial charge in [-0.1, -0.05) is 36.4 Å². The highest BCUT2D eigenvalue weighted by molar-refractivity contribution is 14.0. The number of nitrogens with zero attached hydrogens (tertiary/aromatic N) is 4. The molecule has 3 rings (SSSR count). The Morgan fingerprint density at radius 2 is 1.72 bits per heavy atom. The maximum Gasteiger partial charge on any atom is 0.422 e. The quantitative estimate of drug-likeness (QED) is 0.250. The number of halogens is 4. The maximum atomic E-state index is 12.2. The third-order valence-corrected chi connectivity index (χ3v) is 4.27. The van der Waals surface area contributed by atoms with Gasteiger partial charge in [0.25, 0.3) is 0 Å². The van der Waals surface area contributed by atoms with Gasteiger partial charge in [0.2, 0.25) is 0 Å². The van der Waals surface area contributed by atoms with E-state index in [0.717, 1.165) is 16.7 Å². The number of hydrogen-bond acceptors (Lipinski definition) is 4. The SMILES string of the molecule is CN=C(NCc1ccc(OCC(F)(F)F)cc1)NCc1cccc(Cn2cncn2)c1.I. The standard InChI is InChI=1S/C21H23F3N6O.HI/c1-25-20(27-10-16-5-7-19(8-6-16)31-13-21(22,23)24)28-11-17-3-2-4-18(9-17)12-30-15-26-14-29-30;/h2-9,14-15H,10-13H2,1H3,(H2,25,27,28);1H. The molecular weight excluding hydrogens is 536 g/mol. The summed E-state index contributed by atoms with van der Waals surface area (Å²) >= 11 is 0. The van der Waals surface area contributed by atoms with Crippen molar-refractivity contribution < 1.29 is 17.9 Å². The fourth-order valence-electron chi connectivity index (χ4n) is 2.80. The number of benzene rings is 2. The highest BCUT2D eigenvalue weighted by atomic mass is 127. The Kier molecular flexibility index (Phi) is 9.75. The minimum Gasteiger partial charge on any atom is -0.484 e. The molecule has 11 heteroatoms. The van der Waals surface area contributed by atoms with Gasteiger partial charge >= 0.3 is 6.18 Å². The van der Waals surface area contributed by atoms with Gasteiger partial charge in [0.1, 0.15) is 18.4 Å². The highest BCUT2D eigenvalue weighted by Gasteiger charge is 2.28. The lowest BCUT2D eigenvalue weighted by Crippen LogP contribution is -2.36. The first-order valence-corrected chi connectivity index (χ1v) is 9.54. The number of aromatic nitrogens is 3. The predicted octanol–water partition coefficient (Wildman–Crippen LogP) is 3.75. The summed E-state index contributed by atoms with van der Waals surface area (Å²) in [4.78, 5) is 8.14. The number of rotatable bonds is 8. The number of guanidine groups is 1. The summed E-state index contributed by atoms with van der Waals surface area (Å²) in [6.07, 6.45) is -1.18. The van der Waals surface area contributed by atoms with Crippen LogP contribution in [-0.2, 0) is 19.6 Å². The molecule has 3 aromatic rings. The second-order valence-electron chi connectivity index (χ2n) is 6.74. The Labute approximate surface area is 201 Å². The molecule has 0 fully saturated rings. The van der Waals surface area contributed by atoms with Crippen LogP contribution in [0.4, 0.5) is 13.2 Å². The molecule has 0 spiro atoms. The van der Waals surface area contributed by atoms with Crippen LogP contribution in [-0.4, -0.2) is 40.6 Å². The highest BCUT2D eigenvalue weighted by Crippen LogP contribution is 2.18. The molecule has 172 valence electrons. The topological polar surface area (TPSA) is 76.4 Å². The first-order chi connectivity index (χ1) is 14.9. The largest absolute Gasteiger partial charge is 0.484 e. The van der Waals surface area contributed by atoms with Crippen LogP contribution in [0.15, 0.2) is 66.2 Å². The van der Waals surface area contributed by atoms with Crippen LogP contribution in [0.1, 0.15) is 16.7 Å². The molecule has 1 aromatic heterocycles. The molecule has 0 aliphatic heterocycles. The number of aliphatic imine (C=N–C) groups is 1. The molecule has 0 bridgehead atoms. The Morgan fingerprint density at radius 3 is 2.34 bits per heavy atom. The molecule has 0 saturated heterocycles. The van der Waals surface area contributed by atoms with Gasteiger partial charge in [-0.25, -0.2) is 9.67 Å². The molecular formula is C21H24F3IN6O. The number of ether oxygens (including phenoxy) is 1. The summed E-state index contributed by atoms with van der Waals surface area (Å²) in [7, 11) is 1.67. The third-order valence-electron chi connectivity index (χ3n) is 4.27. The van der Waals surface area contributed by atoms with Crippen molar-refractivity contribution in [1.82, 2.24) is 25.4 Å². The molecule has 0 radical (unpaired) electrons. The minimum atomic E-state index is -4.35. The van der Waals surface area contributed by atoms with Crippen molar-refractivity contribution in [2.45, 2.75) is 25.8 Å². The third kappa shape index (κ3) is 8.73. The van der Waals surface area contributed by atoms with E-state index in [1.807, 2.05) is 18.2 Å². The van der Waals surface area contributed by atoms with Gasteiger partial charge in [0, 0.05) is 20.1 Å². The van der Waals surface area contributed by atoms with Gasteiger partial charge in [-0.2, -0.15) is 18.3 Å². The maximum absolute atomic E-state index is 12.2. The zero-order chi connectivity index (χ0) is 22.1. The summed E-state index contributed by atoms with van der Waals surface area (Å²) in [6, 6.07) is 14.6. The van der Waals surface area contributed by atoms with Gasteiger partial charge in [-0.3, -0.25) is 4.99 Å². The average molecular weight is 560 g/mol. The van der Waals surface area contributed by atoms with Crippen molar-refractivity contribution in [3.05, 3.63) is 77.9 Å². The lowest BCUT2D eigenvalue weighted by molar-refractivity contribution is -0.153. The van der Waals surface area contributed by atoms with Gasteiger partial charge in [-0.15, -0.1) is 24.0 Å². The van der Waals surface area contributed by atoms with Crippen molar-refractivity contribution in [3.63, 3.8) is 0 Å². The first-order valence-electron chi connectivity index (χ1n) is 9.54. The van der Waals surface area contributed by atoms with E-state index in [4.69, 9.17) is 4.74 Å². The van der Waals surface area contributed by atoms with Crippen LogP contribution in [0.25, 0.3) is 0 Å². The fraction of sp³-hybridized carbons (Fsp3) is 0.286. The summed E-state index contributed by atoms with van der Waals surface area (Å²) in [5, 5.41) is 10.5. The Morgan fingerprint density at radius 1 is 1.03 bits per heavy atom. The Balaban J connectivity index is 0.00000363. The zero-order valence-electron chi connectivity index (χ0n) is 17.3. The van der Waals surface area contributed by atoms with Gasteiger partial charge in [-0.05, 0) is 28.8 Å². The van der Waals surface area contributed by atoms with Gasteiger partial charge in [0.05, 0.1) is 6.54 Å². The van der Waals surface area contributed by atoms with Gasteiger partial charge in [0.15, 0.2) is 12.6 Å². The van der Waals surface area contributed by atoms with Crippen molar-refractivity contribution in [3.8, 4) is 5.75 Å². The summed E-state index contributed by atoms with van der Waals surface area (Å²) in [6.45, 7) is 0.380. The minimum absolute atomic E-state index is 0. The van der Waals surface area contributed by atoms with Gasteiger partial charge < -0.3 is 15.4 Å². The van der Waals surface area contributed by atoms with E-state index in [-0.39, 0.29) is 29.7 Å². The summed E-state index contributed by atoms with van der Waals surface area (Å²) < 4.78 is 43.1. The molecule has 2 aromatic carbocycles. The van der Waals surface area contributed by atoms with Crippen LogP contribution in [0, 0.1) is 0 Å². The normalized spacial score (nSPS) is 11.6. The van der Waals surface area contributed by atoms with Crippen molar-refractivity contribution in [1.29, 1.82) is 0 Å². The van der Waals surface area contributed by atoms with E-state index in [9.17, 15) is 13.2 Å². The molecule has 0 unspecified atom stereocenters. The lowest BCUT2D eigenvalue weighted by Gasteiger charge is -2.13. The predicted molar refractivity (Wildman–Crippen MR) is 126 cm³/mol. The van der Waals surface area contributed by atoms with E-state index >= 15 is 0 Å². The number of alkyl halides is 3. The molecule has 1 heterocycles. The number of nitrogens with one attached hydrogen (secondary N) is 2. The second-order valence-corrected chi connectivity index (χ2v) is 6.74. The first kappa shape index (κ1) is 25.4. The van der Waals surface area contributed by atoms with E-state index in [1.165, 1.54) is 18.5 Å². The molecule has 0 amide bonds. The molecule has 2 N–H and O–H groups in total. The molecule has 0 aliphatic rings. The molecule has 32 heavy (non-hydrogen) atoms. The molecule has 0 atom stereocenters. The van der Waals surface area contributed by atoms with E-state index < -0.39 is 12.8 Å². The Bertz CT molecular complexity index is 978. The van der Waals surface area contributed by atoms with E-state index in [2.05, 4.69) is 31.8 Å². The Hall–Kier alpha value is -2.83. The fourth-order valence-corrected chi connectivity index (χ4v) is 2.80. The van der Waals surface area contributed by atoms with Crippen LogP contribution in [0.3, 0.4) is 0 Å². The monoisotopic (exact) mass is 560 g/mol. The van der Waals surface area contributed by atoms with Crippen molar-refractivity contribution in [2.75, 3.05) is 13.7 Å². The molecule has 0 saturated carbocycles. The lowest BCUT2D eigenvalue weighted by atomic mass is 10.1. The zero-order valence-corrected chi connectivity index (χ0v) is 19.7. The second kappa shape index (κ2) is 12.3.